The summed E-state index contributed by atoms with van der Waals surface area (Å²) in [6, 6.07) is 69.1. The fourth-order valence-electron chi connectivity index (χ4n) is 9.48. The van der Waals surface area contributed by atoms with E-state index in [0.717, 1.165) is 39.0 Å². The summed E-state index contributed by atoms with van der Waals surface area (Å²) < 4.78 is 6.63. The van der Waals surface area contributed by atoms with Gasteiger partial charge in [0.25, 0.3) is 0 Å². The molecule has 1 aliphatic heterocycles. The SMILES string of the molecule is c1ccc(N(c2ccc3c(c2)oc2cc4ccccc4cc23)c2ccc3c4c(cccc24)C2(c4ccccc4Sc4ccccc42)c2ccccc2-3)cc1. The van der Waals surface area contributed by atoms with E-state index in [9.17, 15) is 0 Å². The van der Waals surface area contributed by atoms with Crippen LogP contribution in [0.5, 0.6) is 0 Å². The van der Waals surface area contributed by atoms with Crippen molar-refractivity contribution in [3.8, 4) is 11.1 Å². The minimum Gasteiger partial charge on any atom is -0.456 e. The lowest BCUT2D eigenvalue weighted by Crippen LogP contribution is -2.36. The summed E-state index contributed by atoms with van der Waals surface area (Å²) in [7, 11) is 0. The lowest BCUT2D eigenvalue weighted by molar-refractivity contribution is 0.669. The molecule has 9 aromatic carbocycles. The normalized spacial score (nSPS) is 13.6. The molecule has 0 fully saturated rings. The quantitative estimate of drug-likeness (QED) is 0.182. The zero-order chi connectivity index (χ0) is 35.4. The van der Waals surface area contributed by atoms with Gasteiger partial charge in [-0.2, -0.15) is 0 Å². The van der Waals surface area contributed by atoms with Gasteiger partial charge in [0.1, 0.15) is 11.2 Å². The Morgan fingerprint density at radius 2 is 1.06 bits per heavy atom. The molecule has 3 heteroatoms. The maximum atomic E-state index is 6.63. The van der Waals surface area contributed by atoms with E-state index in [1.807, 2.05) is 11.8 Å². The highest BCUT2D eigenvalue weighted by Gasteiger charge is 2.48. The van der Waals surface area contributed by atoms with Gasteiger partial charge >= 0.3 is 0 Å². The zero-order valence-corrected chi connectivity index (χ0v) is 30.0. The monoisotopic (exact) mass is 705 g/mol. The number of para-hydroxylation sites is 1. The van der Waals surface area contributed by atoms with Crippen molar-refractivity contribution >= 4 is 72.3 Å². The van der Waals surface area contributed by atoms with Crippen molar-refractivity contribution in [1.29, 1.82) is 0 Å². The molecule has 54 heavy (non-hydrogen) atoms. The maximum absolute atomic E-state index is 6.63. The first-order valence-electron chi connectivity index (χ1n) is 18.5. The van der Waals surface area contributed by atoms with Crippen LogP contribution < -0.4 is 4.90 Å². The Morgan fingerprint density at radius 3 is 1.85 bits per heavy atom. The molecule has 0 radical (unpaired) electrons. The minimum absolute atomic E-state index is 0.478. The van der Waals surface area contributed by atoms with Crippen molar-refractivity contribution in [2.45, 2.75) is 15.2 Å². The van der Waals surface area contributed by atoms with Crippen LogP contribution >= 0.6 is 11.8 Å². The molecular formula is C51H31NOS. The van der Waals surface area contributed by atoms with Crippen molar-refractivity contribution in [2.75, 3.05) is 4.90 Å². The summed E-state index contributed by atoms with van der Waals surface area (Å²) >= 11 is 1.88. The number of benzene rings is 9. The predicted molar refractivity (Wildman–Crippen MR) is 225 cm³/mol. The molecule has 0 bridgehead atoms. The van der Waals surface area contributed by atoms with E-state index in [2.05, 4.69) is 193 Å². The Kier molecular flexibility index (Phi) is 6.23. The molecule has 0 N–H and O–H groups in total. The minimum atomic E-state index is -0.478. The average Bonchev–Trinajstić information content (AvgIpc) is 3.59. The van der Waals surface area contributed by atoms with E-state index >= 15 is 0 Å². The molecule has 0 atom stereocenters. The highest BCUT2D eigenvalue weighted by Crippen LogP contribution is 2.62. The molecule has 0 amide bonds. The molecule has 0 unspecified atom stereocenters. The van der Waals surface area contributed by atoms with Gasteiger partial charge in [0.15, 0.2) is 0 Å². The first kappa shape index (κ1) is 30.0. The lowest BCUT2D eigenvalue weighted by atomic mass is 9.59. The molecule has 12 rings (SSSR count). The Balaban J connectivity index is 1.15. The Bertz CT molecular complexity index is 3110. The zero-order valence-electron chi connectivity index (χ0n) is 29.2. The third-order valence-electron chi connectivity index (χ3n) is 11.7. The van der Waals surface area contributed by atoms with E-state index in [-0.39, 0.29) is 0 Å². The molecule has 10 aromatic rings. The highest BCUT2D eigenvalue weighted by molar-refractivity contribution is 7.99. The molecule has 2 nitrogen and oxygen atoms in total. The molecule has 1 aromatic heterocycles. The molecule has 1 spiro atoms. The fourth-order valence-corrected chi connectivity index (χ4v) is 10.7. The maximum Gasteiger partial charge on any atom is 0.137 e. The van der Waals surface area contributed by atoms with Crippen LogP contribution in [0, 0.1) is 0 Å². The van der Waals surface area contributed by atoms with Gasteiger partial charge in [-0.3, -0.25) is 0 Å². The van der Waals surface area contributed by atoms with Gasteiger partial charge < -0.3 is 9.32 Å². The number of furan rings is 1. The van der Waals surface area contributed by atoms with Crippen LogP contribution in [0.3, 0.4) is 0 Å². The number of nitrogens with zero attached hydrogens (tertiary/aromatic N) is 1. The summed E-state index contributed by atoms with van der Waals surface area (Å²) in [5.74, 6) is 0. The van der Waals surface area contributed by atoms with E-state index < -0.39 is 5.41 Å². The van der Waals surface area contributed by atoms with Crippen LogP contribution in [-0.4, -0.2) is 0 Å². The smallest absolute Gasteiger partial charge is 0.137 e. The van der Waals surface area contributed by atoms with Crippen molar-refractivity contribution < 1.29 is 4.42 Å². The van der Waals surface area contributed by atoms with Crippen LogP contribution in [0.2, 0.25) is 0 Å². The lowest BCUT2D eigenvalue weighted by Gasteiger charge is -2.46. The third-order valence-corrected chi connectivity index (χ3v) is 12.8. The van der Waals surface area contributed by atoms with Crippen molar-refractivity contribution in [3.63, 3.8) is 0 Å². The summed E-state index contributed by atoms with van der Waals surface area (Å²) in [5, 5.41) is 7.16. The van der Waals surface area contributed by atoms with Gasteiger partial charge in [-0.1, -0.05) is 139 Å². The number of hydrogen-bond acceptors (Lipinski definition) is 3. The van der Waals surface area contributed by atoms with Crippen LogP contribution in [0.4, 0.5) is 17.1 Å². The van der Waals surface area contributed by atoms with E-state index in [0.29, 0.717) is 0 Å². The largest absolute Gasteiger partial charge is 0.456 e. The Morgan fingerprint density at radius 1 is 0.407 bits per heavy atom. The van der Waals surface area contributed by atoms with Gasteiger partial charge in [0.2, 0.25) is 0 Å². The number of anilines is 3. The van der Waals surface area contributed by atoms with Gasteiger partial charge in [0, 0.05) is 43.4 Å². The molecule has 1 aliphatic carbocycles. The first-order valence-corrected chi connectivity index (χ1v) is 19.3. The number of hydrogen-bond donors (Lipinski definition) is 0. The molecule has 2 aliphatic rings. The van der Waals surface area contributed by atoms with Crippen molar-refractivity contribution in [1.82, 2.24) is 0 Å². The second-order valence-electron chi connectivity index (χ2n) is 14.4. The van der Waals surface area contributed by atoms with Crippen LogP contribution in [0.25, 0.3) is 54.6 Å². The van der Waals surface area contributed by atoms with Gasteiger partial charge in [-0.15, -0.1) is 0 Å². The van der Waals surface area contributed by atoms with Crippen LogP contribution in [0.1, 0.15) is 22.3 Å². The first-order chi connectivity index (χ1) is 26.8. The van der Waals surface area contributed by atoms with E-state index in [1.165, 1.54) is 64.7 Å². The summed E-state index contributed by atoms with van der Waals surface area (Å²) in [6.07, 6.45) is 0. The summed E-state index contributed by atoms with van der Waals surface area (Å²) in [5.41, 5.74) is 12.5. The van der Waals surface area contributed by atoms with E-state index in [4.69, 9.17) is 4.42 Å². The van der Waals surface area contributed by atoms with Gasteiger partial charge in [-0.05, 0) is 104 Å². The number of rotatable bonds is 3. The van der Waals surface area contributed by atoms with Gasteiger partial charge in [0.05, 0.1) is 11.1 Å². The topological polar surface area (TPSA) is 16.4 Å². The third kappa shape index (κ3) is 4.02. The molecule has 0 saturated heterocycles. The average molecular weight is 706 g/mol. The molecule has 2 heterocycles. The molecule has 252 valence electrons. The highest BCUT2D eigenvalue weighted by atomic mass is 32.2. The Labute approximate surface area is 316 Å². The second kappa shape index (κ2) is 11.2. The number of fused-ring (bicyclic) bond motifs is 12. The molecule has 0 saturated carbocycles. The van der Waals surface area contributed by atoms with E-state index in [1.54, 1.807) is 0 Å². The predicted octanol–water partition coefficient (Wildman–Crippen LogP) is 14.2. The molecular weight excluding hydrogens is 675 g/mol. The van der Waals surface area contributed by atoms with Crippen molar-refractivity contribution in [3.05, 3.63) is 210 Å². The second-order valence-corrected chi connectivity index (χ2v) is 15.5. The van der Waals surface area contributed by atoms with Gasteiger partial charge in [-0.25, -0.2) is 0 Å². The summed E-state index contributed by atoms with van der Waals surface area (Å²) in [4.78, 5) is 5.01. The summed E-state index contributed by atoms with van der Waals surface area (Å²) in [6.45, 7) is 0. The standard InChI is InChI=1S/C51H31NOS/c1-2-15-34(16-3-1)52(35-25-26-37-40-29-32-13-4-5-14-33(32)30-46(40)53-47(37)31-35)45-28-27-38-36-17-6-7-19-41(36)51(44-22-12-18-39(45)50(38)44)42-20-8-10-23-48(42)54-49-24-11-9-21-43(49)51/h1-31H. The van der Waals surface area contributed by atoms with Crippen LogP contribution in [0.15, 0.2) is 202 Å². The Hall–Kier alpha value is -6.55. The van der Waals surface area contributed by atoms with Crippen molar-refractivity contribution in [2.24, 2.45) is 0 Å². The van der Waals surface area contributed by atoms with Crippen LogP contribution in [-0.2, 0) is 5.41 Å². The fraction of sp³-hybridized carbons (Fsp3) is 0.0196.